The molecule has 0 aromatic heterocycles. The minimum atomic E-state index is -4.05. The zero-order valence-electron chi connectivity index (χ0n) is 19.3. The minimum Gasteiger partial charge on any atom is -0.171 e. The van der Waals surface area contributed by atoms with Crippen LogP contribution in [0.5, 0.6) is 0 Å². The normalized spacial score (nSPS) is 12.3. The van der Waals surface area contributed by atoms with Crippen LogP contribution in [-0.4, -0.2) is 6.18 Å². The van der Waals surface area contributed by atoms with Gasteiger partial charge < -0.3 is 0 Å². The predicted octanol–water partition coefficient (Wildman–Crippen LogP) is 10.4. The topological polar surface area (TPSA) is 0 Å². The van der Waals surface area contributed by atoms with Crippen LogP contribution in [0.15, 0.2) is 57.5 Å². The van der Waals surface area contributed by atoms with Crippen molar-refractivity contribution in [1.82, 2.24) is 0 Å². The van der Waals surface area contributed by atoms with Crippen LogP contribution in [0.3, 0.4) is 0 Å². The van der Waals surface area contributed by atoms with Gasteiger partial charge in [-0.05, 0) is 65.5 Å². The third kappa shape index (κ3) is 11.1. The Hall–Kier alpha value is -0.810. The summed E-state index contributed by atoms with van der Waals surface area (Å²) in [4.78, 5) is 0. The summed E-state index contributed by atoms with van der Waals surface area (Å²) in [7, 11) is 0. The second kappa shape index (κ2) is 12.4. The van der Waals surface area contributed by atoms with Gasteiger partial charge in [-0.1, -0.05) is 104 Å². The summed E-state index contributed by atoms with van der Waals surface area (Å²) in [6, 6.07) is 16.4. The molecule has 0 aliphatic heterocycles. The van der Waals surface area contributed by atoms with Gasteiger partial charge >= 0.3 is 6.18 Å². The van der Waals surface area contributed by atoms with Gasteiger partial charge in [0.15, 0.2) is 0 Å². The standard InChI is InChI=1S/C13H16BrF3.C13H19Br/c1-12(2,8-3-9-13(15,16)17)10-4-6-11(14)7-5-10;1-4-5-10-13(2,3)11-6-8-12(14)9-7-11/h4-7H,3,8-9H2,1-2H3;6-9H,4-5,10H2,1-3H3. The highest BCUT2D eigenvalue weighted by molar-refractivity contribution is 9.10. The van der Waals surface area contributed by atoms with E-state index < -0.39 is 12.6 Å². The van der Waals surface area contributed by atoms with Crippen LogP contribution < -0.4 is 0 Å². The summed E-state index contributed by atoms with van der Waals surface area (Å²) in [5.74, 6) is 0. The molecule has 0 spiro atoms. The SMILES string of the molecule is CC(C)(CCCC(F)(F)F)c1ccc(Br)cc1.CCCCC(C)(C)c1ccc(Br)cc1. The maximum atomic E-state index is 12.1. The van der Waals surface area contributed by atoms with Crippen LogP contribution in [0.25, 0.3) is 0 Å². The highest BCUT2D eigenvalue weighted by atomic mass is 79.9. The maximum absolute atomic E-state index is 12.1. The molecule has 0 saturated heterocycles. The summed E-state index contributed by atoms with van der Waals surface area (Å²) in [5, 5.41) is 0. The van der Waals surface area contributed by atoms with Crippen molar-refractivity contribution in [3.05, 3.63) is 68.6 Å². The number of hydrogen-bond donors (Lipinski definition) is 0. The molecule has 0 unspecified atom stereocenters. The van der Waals surface area contributed by atoms with Gasteiger partial charge in [-0.15, -0.1) is 0 Å². The van der Waals surface area contributed by atoms with Crippen molar-refractivity contribution in [2.24, 2.45) is 0 Å². The summed E-state index contributed by atoms with van der Waals surface area (Å²) in [6.45, 7) is 10.9. The Balaban J connectivity index is 0.000000316. The van der Waals surface area contributed by atoms with Crippen molar-refractivity contribution in [2.75, 3.05) is 0 Å². The molecule has 174 valence electrons. The van der Waals surface area contributed by atoms with Crippen molar-refractivity contribution in [2.45, 2.75) is 90.1 Å². The van der Waals surface area contributed by atoms with Gasteiger partial charge in [-0.3, -0.25) is 0 Å². The molecule has 0 amide bonds. The van der Waals surface area contributed by atoms with Crippen molar-refractivity contribution in [1.29, 1.82) is 0 Å². The first-order chi connectivity index (χ1) is 14.3. The summed E-state index contributed by atoms with van der Waals surface area (Å²) < 4.78 is 38.4. The van der Waals surface area contributed by atoms with E-state index in [-0.39, 0.29) is 11.8 Å². The van der Waals surface area contributed by atoms with Crippen LogP contribution in [0, 0.1) is 0 Å². The Morgan fingerprint density at radius 1 is 0.613 bits per heavy atom. The van der Waals surface area contributed by atoms with E-state index in [2.05, 4.69) is 76.9 Å². The van der Waals surface area contributed by atoms with Gasteiger partial charge in [0.1, 0.15) is 0 Å². The van der Waals surface area contributed by atoms with Crippen LogP contribution >= 0.6 is 31.9 Å². The smallest absolute Gasteiger partial charge is 0.171 e. The van der Waals surface area contributed by atoms with Gasteiger partial charge in [-0.2, -0.15) is 13.2 Å². The Bertz CT molecular complexity index is 761. The van der Waals surface area contributed by atoms with E-state index in [0.717, 1.165) is 14.5 Å². The van der Waals surface area contributed by atoms with Gasteiger partial charge in [-0.25, -0.2) is 0 Å². The van der Waals surface area contributed by atoms with Crippen LogP contribution in [0.1, 0.15) is 84.3 Å². The molecule has 2 rings (SSSR count). The van der Waals surface area contributed by atoms with Crippen molar-refractivity contribution in [3.63, 3.8) is 0 Å². The lowest BCUT2D eigenvalue weighted by molar-refractivity contribution is -0.136. The second-order valence-corrected chi connectivity index (χ2v) is 11.2. The number of rotatable bonds is 8. The number of unbranched alkanes of at least 4 members (excludes halogenated alkanes) is 1. The van der Waals surface area contributed by atoms with E-state index in [0.29, 0.717) is 11.8 Å². The molecule has 0 heterocycles. The monoisotopic (exact) mass is 562 g/mol. The van der Waals surface area contributed by atoms with E-state index in [1.165, 1.54) is 24.8 Å². The lowest BCUT2D eigenvalue weighted by Gasteiger charge is -2.25. The fourth-order valence-corrected chi connectivity index (χ4v) is 3.97. The third-order valence-corrected chi connectivity index (χ3v) is 6.73. The largest absolute Gasteiger partial charge is 0.389 e. The molecule has 2 aromatic rings. The first-order valence-electron chi connectivity index (χ1n) is 10.9. The van der Waals surface area contributed by atoms with E-state index >= 15 is 0 Å². The highest BCUT2D eigenvalue weighted by Gasteiger charge is 2.28. The minimum absolute atomic E-state index is 0.173. The lowest BCUT2D eigenvalue weighted by atomic mass is 9.80. The molecule has 31 heavy (non-hydrogen) atoms. The van der Waals surface area contributed by atoms with E-state index in [1.54, 1.807) is 0 Å². The molecule has 0 N–H and O–H groups in total. The van der Waals surface area contributed by atoms with E-state index in [1.807, 2.05) is 38.1 Å². The lowest BCUT2D eigenvalue weighted by Crippen LogP contribution is -2.18. The highest BCUT2D eigenvalue weighted by Crippen LogP contribution is 2.32. The zero-order valence-corrected chi connectivity index (χ0v) is 22.4. The van der Waals surface area contributed by atoms with Crippen molar-refractivity contribution >= 4 is 31.9 Å². The average Bonchev–Trinajstić information content (AvgIpc) is 2.66. The Kier molecular flexibility index (Phi) is 11.3. The van der Waals surface area contributed by atoms with E-state index in [4.69, 9.17) is 0 Å². The molecule has 0 bridgehead atoms. The fraction of sp³-hybridized carbons (Fsp3) is 0.538. The Morgan fingerprint density at radius 2 is 0.968 bits per heavy atom. The van der Waals surface area contributed by atoms with Gasteiger partial charge in [0.25, 0.3) is 0 Å². The summed E-state index contributed by atoms with van der Waals surface area (Å²) >= 11 is 6.81. The van der Waals surface area contributed by atoms with Crippen molar-refractivity contribution in [3.8, 4) is 0 Å². The average molecular weight is 564 g/mol. The zero-order chi connectivity index (χ0) is 23.7. The fourth-order valence-electron chi connectivity index (χ4n) is 3.44. The maximum Gasteiger partial charge on any atom is 0.389 e. The second-order valence-electron chi connectivity index (χ2n) is 9.35. The van der Waals surface area contributed by atoms with Crippen LogP contribution in [-0.2, 0) is 10.8 Å². The van der Waals surface area contributed by atoms with Crippen LogP contribution in [0.2, 0.25) is 0 Å². The molecule has 2 aromatic carbocycles. The molecule has 0 saturated carbocycles. The van der Waals surface area contributed by atoms with Gasteiger partial charge in [0, 0.05) is 15.4 Å². The quantitative estimate of drug-likeness (QED) is 0.299. The molecular weight excluding hydrogens is 529 g/mol. The van der Waals surface area contributed by atoms with Gasteiger partial charge in [0.2, 0.25) is 0 Å². The number of benzene rings is 2. The third-order valence-electron chi connectivity index (χ3n) is 5.67. The number of alkyl halides is 3. The molecular formula is C26H35Br2F3. The summed E-state index contributed by atoms with van der Waals surface area (Å²) in [6.07, 6.45) is -0.183. The number of halogens is 5. The van der Waals surface area contributed by atoms with E-state index in [9.17, 15) is 13.2 Å². The first-order valence-corrected chi connectivity index (χ1v) is 12.4. The first kappa shape index (κ1) is 28.2. The van der Waals surface area contributed by atoms with Gasteiger partial charge in [0.05, 0.1) is 0 Å². The predicted molar refractivity (Wildman–Crippen MR) is 134 cm³/mol. The molecule has 0 radical (unpaired) electrons. The van der Waals surface area contributed by atoms with Crippen LogP contribution in [0.4, 0.5) is 13.2 Å². The van der Waals surface area contributed by atoms with Crippen molar-refractivity contribution < 1.29 is 13.2 Å². The Morgan fingerprint density at radius 3 is 1.29 bits per heavy atom. The molecule has 0 aliphatic carbocycles. The number of hydrogen-bond acceptors (Lipinski definition) is 0. The molecule has 0 aliphatic rings. The summed E-state index contributed by atoms with van der Waals surface area (Å²) in [5.41, 5.74) is 2.61. The Labute approximate surface area is 203 Å². The molecule has 0 nitrogen and oxygen atoms in total. The molecule has 0 fully saturated rings. The molecule has 0 atom stereocenters. The molecule has 5 heteroatoms.